The number of hydrogen-bond donors (Lipinski definition) is 0. The summed E-state index contributed by atoms with van der Waals surface area (Å²) in [7, 11) is 0. The molecule has 0 aliphatic carbocycles. The maximum absolute atomic E-state index is 4.28. The molecule has 0 unspecified atom stereocenters. The first-order valence-corrected chi connectivity index (χ1v) is 5.23. The maximum Gasteiger partial charge on any atom is 0.119 e. The fourth-order valence-electron chi connectivity index (χ4n) is 1.06. The number of thiophene rings is 1. The molecule has 56 valence electrons. The highest BCUT2D eigenvalue weighted by Gasteiger charge is 2.02. The van der Waals surface area contributed by atoms with Crippen molar-refractivity contribution >= 4 is 44.0 Å². The van der Waals surface area contributed by atoms with Crippen LogP contribution in [0.1, 0.15) is 5.56 Å². The lowest BCUT2D eigenvalue weighted by atomic mass is 10.2. The summed E-state index contributed by atoms with van der Waals surface area (Å²) in [4.78, 5) is 4.28. The molecule has 0 aliphatic rings. The molecule has 0 amide bonds. The Morgan fingerprint density at radius 3 is 3.09 bits per heavy atom. The first-order chi connectivity index (χ1) is 5.29. The molecule has 0 fully saturated rings. The number of aryl methyl sites for hydroxylation is 1. The van der Waals surface area contributed by atoms with Gasteiger partial charge in [0, 0.05) is 6.20 Å². The SMILES string of the molecule is Cc1cnc(I)c2sccc12. The van der Waals surface area contributed by atoms with E-state index in [0.29, 0.717) is 0 Å². The molecule has 2 aromatic rings. The number of pyridine rings is 1. The van der Waals surface area contributed by atoms with E-state index in [-0.39, 0.29) is 0 Å². The van der Waals surface area contributed by atoms with Crippen molar-refractivity contribution in [3.05, 3.63) is 26.9 Å². The minimum Gasteiger partial charge on any atom is -0.249 e. The van der Waals surface area contributed by atoms with Crippen LogP contribution in [0.2, 0.25) is 0 Å². The largest absolute Gasteiger partial charge is 0.249 e. The van der Waals surface area contributed by atoms with Crippen molar-refractivity contribution in [1.29, 1.82) is 0 Å². The number of nitrogens with zero attached hydrogens (tertiary/aromatic N) is 1. The third kappa shape index (κ3) is 1.16. The second kappa shape index (κ2) is 2.71. The molecule has 0 saturated heterocycles. The summed E-state index contributed by atoms with van der Waals surface area (Å²) >= 11 is 4.03. The van der Waals surface area contributed by atoms with Crippen LogP contribution >= 0.6 is 33.9 Å². The van der Waals surface area contributed by atoms with Crippen LogP contribution < -0.4 is 0 Å². The van der Waals surface area contributed by atoms with Gasteiger partial charge in [0.25, 0.3) is 0 Å². The number of hydrogen-bond acceptors (Lipinski definition) is 2. The monoisotopic (exact) mass is 275 g/mol. The summed E-state index contributed by atoms with van der Waals surface area (Å²) in [5, 5.41) is 3.45. The normalized spacial score (nSPS) is 10.7. The summed E-state index contributed by atoms with van der Waals surface area (Å²) < 4.78 is 2.42. The van der Waals surface area contributed by atoms with E-state index in [2.05, 4.69) is 45.9 Å². The van der Waals surface area contributed by atoms with E-state index in [4.69, 9.17) is 0 Å². The minimum atomic E-state index is 1.11. The van der Waals surface area contributed by atoms with Crippen LogP contribution in [0.25, 0.3) is 10.1 Å². The van der Waals surface area contributed by atoms with Crippen molar-refractivity contribution in [3.63, 3.8) is 0 Å². The molecule has 0 radical (unpaired) electrons. The van der Waals surface area contributed by atoms with E-state index >= 15 is 0 Å². The van der Waals surface area contributed by atoms with Crippen LogP contribution in [0.15, 0.2) is 17.6 Å². The van der Waals surface area contributed by atoms with E-state index < -0.39 is 0 Å². The average molecular weight is 275 g/mol. The molecular formula is C8H6INS. The van der Waals surface area contributed by atoms with Gasteiger partial charge in [-0.15, -0.1) is 11.3 Å². The number of aromatic nitrogens is 1. The first-order valence-electron chi connectivity index (χ1n) is 3.27. The lowest BCUT2D eigenvalue weighted by Gasteiger charge is -1.95. The van der Waals surface area contributed by atoms with Crippen molar-refractivity contribution < 1.29 is 0 Å². The molecule has 0 N–H and O–H groups in total. The lowest BCUT2D eigenvalue weighted by molar-refractivity contribution is 1.28. The zero-order valence-electron chi connectivity index (χ0n) is 5.97. The molecule has 0 saturated carbocycles. The van der Waals surface area contributed by atoms with Gasteiger partial charge in [-0.2, -0.15) is 0 Å². The Balaban J connectivity index is 2.96. The summed E-state index contributed by atoms with van der Waals surface area (Å²) in [5.41, 5.74) is 1.27. The first kappa shape index (κ1) is 7.49. The Morgan fingerprint density at radius 1 is 1.55 bits per heavy atom. The fraction of sp³-hybridized carbons (Fsp3) is 0.125. The average Bonchev–Trinajstić information content (AvgIpc) is 2.45. The molecule has 0 spiro atoms. The summed E-state index contributed by atoms with van der Waals surface area (Å²) in [6.45, 7) is 2.10. The molecule has 0 aromatic carbocycles. The molecule has 0 aliphatic heterocycles. The zero-order chi connectivity index (χ0) is 7.84. The van der Waals surface area contributed by atoms with E-state index in [1.54, 1.807) is 11.3 Å². The summed E-state index contributed by atoms with van der Waals surface area (Å²) in [6, 6.07) is 2.15. The fourth-order valence-corrected chi connectivity index (χ4v) is 2.72. The van der Waals surface area contributed by atoms with Gasteiger partial charge in [-0.3, -0.25) is 0 Å². The van der Waals surface area contributed by atoms with E-state index in [1.807, 2.05) is 6.20 Å². The van der Waals surface area contributed by atoms with Gasteiger partial charge >= 0.3 is 0 Å². The van der Waals surface area contributed by atoms with Gasteiger partial charge < -0.3 is 0 Å². The Labute approximate surface area is 82.6 Å². The predicted octanol–water partition coefficient (Wildman–Crippen LogP) is 3.21. The van der Waals surface area contributed by atoms with E-state index in [1.165, 1.54) is 15.6 Å². The van der Waals surface area contributed by atoms with Gasteiger partial charge in [0.05, 0.1) is 4.70 Å². The minimum absolute atomic E-state index is 1.11. The smallest absolute Gasteiger partial charge is 0.119 e. The second-order valence-electron chi connectivity index (χ2n) is 2.40. The molecule has 2 aromatic heterocycles. The van der Waals surface area contributed by atoms with Crippen LogP contribution in [0, 0.1) is 10.6 Å². The van der Waals surface area contributed by atoms with Gasteiger partial charge in [0.1, 0.15) is 3.70 Å². The van der Waals surface area contributed by atoms with Gasteiger partial charge in [-0.25, -0.2) is 4.98 Å². The predicted molar refractivity (Wildman–Crippen MR) is 57.1 cm³/mol. The number of rotatable bonds is 0. The van der Waals surface area contributed by atoms with Gasteiger partial charge in [-0.1, -0.05) is 0 Å². The third-order valence-electron chi connectivity index (χ3n) is 1.65. The molecule has 0 bridgehead atoms. The van der Waals surface area contributed by atoms with Crippen LogP contribution in [0.5, 0.6) is 0 Å². The maximum atomic E-state index is 4.28. The Morgan fingerprint density at radius 2 is 2.36 bits per heavy atom. The Bertz CT molecular complexity index is 358. The molecule has 11 heavy (non-hydrogen) atoms. The van der Waals surface area contributed by atoms with E-state index in [0.717, 1.165) is 3.70 Å². The van der Waals surface area contributed by atoms with Gasteiger partial charge in [0.2, 0.25) is 0 Å². The van der Waals surface area contributed by atoms with Gasteiger partial charge in [0.15, 0.2) is 0 Å². The van der Waals surface area contributed by atoms with Crippen molar-refractivity contribution in [2.75, 3.05) is 0 Å². The van der Waals surface area contributed by atoms with Crippen LogP contribution in [0.4, 0.5) is 0 Å². The van der Waals surface area contributed by atoms with Crippen LogP contribution in [-0.2, 0) is 0 Å². The highest BCUT2D eigenvalue weighted by Crippen LogP contribution is 2.26. The summed E-state index contributed by atoms with van der Waals surface area (Å²) in [5.74, 6) is 0. The topological polar surface area (TPSA) is 12.9 Å². The number of fused-ring (bicyclic) bond motifs is 1. The zero-order valence-corrected chi connectivity index (χ0v) is 8.94. The van der Waals surface area contributed by atoms with Crippen LogP contribution in [-0.4, -0.2) is 4.98 Å². The second-order valence-corrected chi connectivity index (χ2v) is 4.33. The Kier molecular flexibility index (Phi) is 1.85. The van der Waals surface area contributed by atoms with Crippen molar-refractivity contribution in [3.8, 4) is 0 Å². The van der Waals surface area contributed by atoms with Crippen molar-refractivity contribution in [1.82, 2.24) is 4.98 Å². The quantitative estimate of drug-likeness (QED) is 0.531. The molecule has 1 nitrogen and oxygen atoms in total. The molecule has 0 atom stereocenters. The molecule has 3 heteroatoms. The molecule has 2 heterocycles. The highest BCUT2D eigenvalue weighted by molar-refractivity contribution is 14.1. The summed E-state index contributed by atoms with van der Waals surface area (Å²) in [6.07, 6.45) is 1.93. The number of halogens is 1. The third-order valence-corrected chi connectivity index (χ3v) is 3.75. The van der Waals surface area contributed by atoms with Gasteiger partial charge in [-0.05, 0) is 51.9 Å². The lowest BCUT2D eigenvalue weighted by Crippen LogP contribution is -1.81. The van der Waals surface area contributed by atoms with Crippen molar-refractivity contribution in [2.24, 2.45) is 0 Å². The Hall–Kier alpha value is -0.160. The van der Waals surface area contributed by atoms with E-state index in [9.17, 15) is 0 Å². The standard InChI is InChI=1S/C8H6INS/c1-5-4-10-8(9)7-6(5)2-3-11-7/h2-4H,1H3. The van der Waals surface area contributed by atoms with Crippen LogP contribution in [0.3, 0.4) is 0 Å². The molecule has 2 rings (SSSR count). The highest BCUT2D eigenvalue weighted by atomic mass is 127. The molecular weight excluding hydrogens is 269 g/mol. The van der Waals surface area contributed by atoms with Crippen molar-refractivity contribution in [2.45, 2.75) is 6.92 Å².